The maximum atomic E-state index is 12.0. The fourth-order valence-corrected chi connectivity index (χ4v) is 3.13. The Hall–Kier alpha value is -1.50. The Labute approximate surface area is 144 Å². The van der Waals surface area contributed by atoms with Crippen molar-refractivity contribution >= 4 is 62.1 Å². The molecule has 1 N–H and O–H groups in total. The van der Waals surface area contributed by atoms with Crippen LogP contribution in [0.5, 0.6) is 0 Å². The number of aliphatic imine (C=N–C) groups is 1. The molecule has 0 bridgehead atoms. The van der Waals surface area contributed by atoms with Gasteiger partial charge < -0.3 is 9.73 Å². The molecule has 1 amide bonds. The summed E-state index contributed by atoms with van der Waals surface area (Å²) in [6.07, 6.45) is 1.68. The second-order valence-corrected chi connectivity index (χ2v) is 6.80. The number of aryl methyl sites for hydroxylation is 1. The molecule has 1 saturated heterocycles. The van der Waals surface area contributed by atoms with Crippen molar-refractivity contribution in [3.63, 3.8) is 0 Å². The van der Waals surface area contributed by atoms with E-state index >= 15 is 0 Å². The van der Waals surface area contributed by atoms with Crippen LogP contribution < -0.4 is 5.32 Å². The zero-order valence-corrected chi connectivity index (χ0v) is 14.6. The minimum absolute atomic E-state index is 0.198. The topological polar surface area (TPSA) is 54.6 Å². The summed E-state index contributed by atoms with van der Waals surface area (Å²) in [6.45, 7) is 1.94. The van der Waals surface area contributed by atoms with Crippen LogP contribution >= 0.6 is 39.3 Å². The van der Waals surface area contributed by atoms with E-state index in [2.05, 4.69) is 26.2 Å². The molecule has 22 heavy (non-hydrogen) atoms. The van der Waals surface area contributed by atoms with Crippen molar-refractivity contribution in [3.8, 4) is 0 Å². The zero-order valence-electron chi connectivity index (χ0n) is 11.4. The zero-order chi connectivity index (χ0) is 15.7. The van der Waals surface area contributed by atoms with E-state index in [1.54, 1.807) is 30.3 Å². The van der Waals surface area contributed by atoms with Gasteiger partial charge in [-0.3, -0.25) is 4.79 Å². The van der Waals surface area contributed by atoms with E-state index in [4.69, 9.17) is 16.0 Å². The lowest BCUT2D eigenvalue weighted by molar-refractivity contribution is -0.115. The van der Waals surface area contributed by atoms with Crippen molar-refractivity contribution in [2.75, 3.05) is 0 Å². The highest BCUT2D eigenvalue weighted by Gasteiger charge is 2.24. The van der Waals surface area contributed by atoms with Crippen LogP contribution in [-0.2, 0) is 4.79 Å². The van der Waals surface area contributed by atoms with E-state index in [1.165, 1.54) is 11.8 Å². The van der Waals surface area contributed by atoms with Crippen LogP contribution in [-0.4, -0.2) is 11.1 Å². The number of rotatable bonds is 2. The number of thioether (sulfide) groups is 1. The molecular formula is C15H10BrClN2O2S. The van der Waals surface area contributed by atoms with Gasteiger partial charge >= 0.3 is 0 Å². The van der Waals surface area contributed by atoms with Crippen molar-refractivity contribution in [1.82, 2.24) is 5.32 Å². The highest BCUT2D eigenvalue weighted by molar-refractivity contribution is 9.10. The summed E-state index contributed by atoms with van der Waals surface area (Å²) >= 11 is 10.5. The van der Waals surface area contributed by atoms with Crippen LogP contribution in [0.2, 0.25) is 5.02 Å². The van der Waals surface area contributed by atoms with Crippen LogP contribution in [0.1, 0.15) is 11.3 Å². The van der Waals surface area contributed by atoms with Crippen LogP contribution in [0.3, 0.4) is 0 Å². The molecule has 4 nitrogen and oxygen atoms in total. The SMILES string of the molecule is Cc1ccc(Cl)cc1N=C1NC(=O)/C(=C/c2ccc(Br)o2)S1. The summed E-state index contributed by atoms with van der Waals surface area (Å²) in [5.41, 5.74) is 1.72. The molecule has 1 aromatic heterocycles. The summed E-state index contributed by atoms with van der Waals surface area (Å²) < 4.78 is 5.99. The van der Waals surface area contributed by atoms with Gasteiger partial charge in [-0.05, 0) is 64.4 Å². The number of amidine groups is 1. The Balaban J connectivity index is 1.86. The van der Waals surface area contributed by atoms with Gasteiger partial charge in [-0.1, -0.05) is 17.7 Å². The summed E-state index contributed by atoms with van der Waals surface area (Å²) in [5, 5.41) is 3.86. The molecule has 2 aromatic rings. The third kappa shape index (κ3) is 3.45. The molecule has 0 unspecified atom stereocenters. The number of carbonyl (C=O) groups excluding carboxylic acids is 1. The Bertz CT molecular complexity index is 814. The quantitative estimate of drug-likeness (QED) is 0.734. The molecule has 0 spiro atoms. The molecule has 1 aromatic carbocycles. The van der Waals surface area contributed by atoms with Crippen LogP contribution in [0.25, 0.3) is 6.08 Å². The Morgan fingerprint density at radius 2 is 2.18 bits per heavy atom. The van der Waals surface area contributed by atoms with Gasteiger partial charge in [0.15, 0.2) is 9.84 Å². The van der Waals surface area contributed by atoms with Crippen LogP contribution in [0.15, 0.2) is 49.3 Å². The summed E-state index contributed by atoms with van der Waals surface area (Å²) in [7, 11) is 0. The van der Waals surface area contributed by atoms with E-state index in [1.807, 2.05) is 13.0 Å². The molecule has 1 fully saturated rings. The lowest BCUT2D eigenvalue weighted by atomic mass is 10.2. The van der Waals surface area contributed by atoms with Crippen LogP contribution in [0.4, 0.5) is 5.69 Å². The minimum atomic E-state index is -0.198. The fraction of sp³-hybridized carbons (Fsp3) is 0.0667. The number of amides is 1. The van der Waals surface area contributed by atoms with Gasteiger partial charge in [0, 0.05) is 11.1 Å². The first-order valence-corrected chi connectivity index (χ1v) is 8.31. The normalized spacial score (nSPS) is 18.2. The predicted molar refractivity (Wildman–Crippen MR) is 93.4 cm³/mol. The molecular weight excluding hydrogens is 388 g/mol. The number of nitrogens with one attached hydrogen (secondary N) is 1. The smallest absolute Gasteiger partial charge is 0.264 e. The molecule has 7 heteroatoms. The number of carbonyl (C=O) groups is 1. The summed E-state index contributed by atoms with van der Waals surface area (Å²) in [6, 6.07) is 9.01. The maximum absolute atomic E-state index is 12.0. The first kappa shape index (κ1) is 15.4. The monoisotopic (exact) mass is 396 g/mol. The number of furan rings is 1. The molecule has 0 atom stereocenters. The van der Waals surface area contributed by atoms with Crippen molar-refractivity contribution in [2.45, 2.75) is 6.92 Å². The molecule has 2 heterocycles. The average molecular weight is 398 g/mol. The molecule has 3 rings (SSSR count). The number of halogens is 2. The highest BCUT2D eigenvalue weighted by Crippen LogP contribution is 2.30. The van der Waals surface area contributed by atoms with Gasteiger partial charge in [-0.15, -0.1) is 0 Å². The number of hydrogen-bond acceptors (Lipinski definition) is 4. The van der Waals surface area contributed by atoms with E-state index in [0.717, 1.165) is 11.3 Å². The van der Waals surface area contributed by atoms with E-state index in [9.17, 15) is 4.79 Å². The van der Waals surface area contributed by atoms with Crippen molar-refractivity contribution < 1.29 is 9.21 Å². The van der Waals surface area contributed by atoms with Crippen molar-refractivity contribution in [1.29, 1.82) is 0 Å². The molecule has 1 aliphatic rings. The summed E-state index contributed by atoms with van der Waals surface area (Å²) in [5.74, 6) is 0.403. The van der Waals surface area contributed by atoms with Gasteiger partial charge in [-0.25, -0.2) is 4.99 Å². The third-order valence-corrected chi connectivity index (χ3v) is 4.48. The van der Waals surface area contributed by atoms with Gasteiger partial charge in [0.25, 0.3) is 5.91 Å². The maximum Gasteiger partial charge on any atom is 0.264 e. The van der Waals surface area contributed by atoms with E-state index in [-0.39, 0.29) is 5.91 Å². The van der Waals surface area contributed by atoms with Gasteiger partial charge in [0.1, 0.15) is 5.76 Å². The standard InChI is InChI=1S/C15H10BrClN2O2S/c1-8-2-3-9(17)6-11(8)18-15-19-14(20)12(22-15)7-10-4-5-13(16)21-10/h2-7H,1H3,(H,18,19,20)/b12-7-. The lowest BCUT2D eigenvalue weighted by Crippen LogP contribution is -2.19. The first-order chi connectivity index (χ1) is 10.5. The predicted octanol–water partition coefficient (Wildman–Crippen LogP) is 4.90. The lowest BCUT2D eigenvalue weighted by Gasteiger charge is -2.01. The molecule has 0 aliphatic carbocycles. The highest BCUT2D eigenvalue weighted by atomic mass is 79.9. The van der Waals surface area contributed by atoms with Gasteiger partial charge in [0.05, 0.1) is 10.6 Å². The molecule has 1 aliphatic heterocycles. The van der Waals surface area contributed by atoms with Crippen molar-refractivity contribution in [3.05, 3.63) is 56.3 Å². The number of hydrogen-bond donors (Lipinski definition) is 1. The molecule has 0 saturated carbocycles. The summed E-state index contributed by atoms with van der Waals surface area (Å²) in [4.78, 5) is 17.0. The minimum Gasteiger partial charge on any atom is -0.450 e. The molecule has 112 valence electrons. The van der Waals surface area contributed by atoms with Crippen LogP contribution in [0, 0.1) is 6.92 Å². The molecule has 0 radical (unpaired) electrons. The Kier molecular flexibility index (Phi) is 4.42. The Morgan fingerprint density at radius 1 is 1.36 bits per heavy atom. The fourth-order valence-electron chi connectivity index (χ4n) is 1.83. The largest absolute Gasteiger partial charge is 0.450 e. The number of benzene rings is 1. The number of nitrogens with zero attached hydrogens (tertiary/aromatic N) is 1. The van der Waals surface area contributed by atoms with Gasteiger partial charge in [-0.2, -0.15) is 0 Å². The van der Waals surface area contributed by atoms with E-state index in [0.29, 0.717) is 25.5 Å². The van der Waals surface area contributed by atoms with Crippen molar-refractivity contribution in [2.24, 2.45) is 4.99 Å². The van der Waals surface area contributed by atoms with Gasteiger partial charge in [0.2, 0.25) is 0 Å². The average Bonchev–Trinajstić information content (AvgIpc) is 3.01. The van der Waals surface area contributed by atoms with E-state index < -0.39 is 0 Å². The second-order valence-electron chi connectivity index (χ2n) is 4.55. The Morgan fingerprint density at radius 3 is 2.91 bits per heavy atom. The first-order valence-electron chi connectivity index (χ1n) is 6.32. The third-order valence-electron chi connectivity index (χ3n) is 2.91. The second kappa shape index (κ2) is 6.32.